The highest BCUT2D eigenvalue weighted by atomic mass is 19.4. The number of fused-ring (bicyclic) bond motifs is 1. The van der Waals surface area contributed by atoms with E-state index in [1.54, 1.807) is 18.0 Å². The molecule has 88 valence electrons. The van der Waals surface area contributed by atoms with E-state index in [1.807, 2.05) is 0 Å². The van der Waals surface area contributed by atoms with E-state index in [2.05, 4.69) is 5.32 Å². The molecular weight excluding hydrogens is 217 g/mol. The topological polar surface area (TPSA) is 15.3 Å². The zero-order valence-electron chi connectivity index (χ0n) is 8.93. The Morgan fingerprint density at radius 1 is 1.31 bits per heavy atom. The molecule has 0 unspecified atom stereocenters. The monoisotopic (exact) mass is 230 g/mol. The summed E-state index contributed by atoms with van der Waals surface area (Å²) in [6.45, 7) is 1.34. The number of nitrogens with one attached hydrogen (secondary N) is 1. The van der Waals surface area contributed by atoms with Gasteiger partial charge < -0.3 is 10.2 Å². The average molecular weight is 230 g/mol. The molecule has 1 heterocycles. The van der Waals surface area contributed by atoms with Gasteiger partial charge in [-0.1, -0.05) is 6.07 Å². The molecule has 0 saturated carbocycles. The summed E-state index contributed by atoms with van der Waals surface area (Å²) in [5.41, 5.74) is 0.254. The first-order valence-corrected chi connectivity index (χ1v) is 5.15. The van der Waals surface area contributed by atoms with Crippen LogP contribution in [0.25, 0.3) is 0 Å². The zero-order valence-corrected chi connectivity index (χ0v) is 8.93. The van der Waals surface area contributed by atoms with Crippen molar-refractivity contribution in [3.05, 3.63) is 23.8 Å². The number of nitrogens with zero attached hydrogens (tertiary/aromatic N) is 1. The molecule has 1 aliphatic heterocycles. The molecule has 0 aromatic heterocycles. The van der Waals surface area contributed by atoms with Crippen LogP contribution in [0.15, 0.2) is 18.2 Å². The molecule has 0 fully saturated rings. The van der Waals surface area contributed by atoms with Gasteiger partial charge in [0, 0.05) is 20.1 Å². The van der Waals surface area contributed by atoms with Gasteiger partial charge in [0.1, 0.15) is 0 Å². The summed E-state index contributed by atoms with van der Waals surface area (Å²) in [5, 5.41) is 3.03. The van der Waals surface area contributed by atoms with Crippen LogP contribution in [-0.4, -0.2) is 20.1 Å². The van der Waals surface area contributed by atoms with Gasteiger partial charge in [0.2, 0.25) is 0 Å². The minimum absolute atomic E-state index is 0.257. The Bertz CT molecular complexity index is 387. The van der Waals surface area contributed by atoms with Gasteiger partial charge in [-0.05, 0) is 18.6 Å². The Morgan fingerprint density at radius 2 is 2.06 bits per heavy atom. The number of benzene rings is 1. The summed E-state index contributed by atoms with van der Waals surface area (Å²) in [5.74, 6) is 0. The summed E-state index contributed by atoms with van der Waals surface area (Å²) in [4.78, 5) is 1.66. The third kappa shape index (κ3) is 1.94. The first-order valence-electron chi connectivity index (χ1n) is 5.15. The Labute approximate surface area is 92.1 Å². The van der Waals surface area contributed by atoms with Crippen LogP contribution < -0.4 is 10.2 Å². The summed E-state index contributed by atoms with van der Waals surface area (Å²) < 4.78 is 38.5. The molecule has 1 N–H and O–H groups in total. The molecule has 16 heavy (non-hydrogen) atoms. The van der Waals surface area contributed by atoms with Gasteiger partial charge >= 0.3 is 6.18 Å². The maximum absolute atomic E-state index is 12.8. The fourth-order valence-electron chi connectivity index (χ4n) is 1.98. The molecule has 5 heteroatoms. The molecule has 1 aromatic carbocycles. The van der Waals surface area contributed by atoms with Crippen LogP contribution in [0.2, 0.25) is 0 Å². The molecule has 0 spiro atoms. The third-order valence-electron chi connectivity index (χ3n) is 2.71. The van der Waals surface area contributed by atoms with E-state index >= 15 is 0 Å². The molecule has 2 nitrogen and oxygen atoms in total. The Hall–Kier alpha value is -1.39. The predicted octanol–water partition coefficient (Wildman–Crippen LogP) is 2.96. The van der Waals surface area contributed by atoms with Crippen LogP contribution in [0.1, 0.15) is 12.0 Å². The number of hydrogen-bond acceptors (Lipinski definition) is 2. The average Bonchev–Trinajstić information content (AvgIpc) is 2.39. The minimum Gasteiger partial charge on any atom is -0.383 e. The Kier molecular flexibility index (Phi) is 2.69. The molecule has 0 amide bonds. The first kappa shape index (κ1) is 11.1. The van der Waals surface area contributed by atoms with E-state index in [0.29, 0.717) is 18.8 Å². The highest BCUT2D eigenvalue weighted by Gasteiger charge is 2.35. The van der Waals surface area contributed by atoms with Crippen LogP contribution in [0.3, 0.4) is 0 Å². The van der Waals surface area contributed by atoms with Crippen molar-refractivity contribution in [2.75, 3.05) is 30.4 Å². The van der Waals surface area contributed by atoms with E-state index in [4.69, 9.17) is 0 Å². The lowest BCUT2D eigenvalue weighted by molar-refractivity contribution is -0.137. The fourth-order valence-corrected chi connectivity index (χ4v) is 1.98. The van der Waals surface area contributed by atoms with Crippen LogP contribution in [0, 0.1) is 0 Å². The van der Waals surface area contributed by atoms with Crippen LogP contribution in [-0.2, 0) is 6.18 Å². The maximum Gasteiger partial charge on any atom is 0.418 e. The normalized spacial score (nSPS) is 16.4. The number of hydrogen-bond donors (Lipinski definition) is 1. The quantitative estimate of drug-likeness (QED) is 0.737. The van der Waals surface area contributed by atoms with Gasteiger partial charge in [0.15, 0.2) is 0 Å². The number of alkyl halides is 3. The number of para-hydroxylation sites is 1. The lowest BCUT2D eigenvalue weighted by atomic mass is 10.1. The zero-order chi connectivity index (χ0) is 11.8. The van der Waals surface area contributed by atoms with Crippen molar-refractivity contribution in [1.82, 2.24) is 0 Å². The van der Waals surface area contributed by atoms with Crippen molar-refractivity contribution < 1.29 is 13.2 Å². The van der Waals surface area contributed by atoms with Crippen molar-refractivity contribution in [1.29, 1.82) is 0 Å². The SMILES string of the molecule is CN1CCCNc2cccc(C(F)(F)F)c21. The second kappa shape index (κ2) is 3.88. The van der Waals surface area contributed by atoms with Gasteiger partial charge in [0.25, 0.3) is 0 Å². The van der Waals surface area contributed by atoms with Crippen molar-refractivity contribution in [3.63, 3.8) is 0 Å². The van der Waals surface area contributed by atoms with Crippen molar-refractivity contribution in [2.45, 2.75) is 12.6 Å². The van der Waals surface area contributed by atoms with Gasteiger partial charge in [-0.2, -0.15) is 13.2 Å². The van der Waals surface area contributed by atoms with E-state index in [1.165, 1.54) is 6.07 Å². The molecule has 2 rings (SSSR count). The van der Waals surface area contributed by atoms with Crippen LogP contribution in [0.4, 0.5) is 24.5 Å². The molecular formula is C11H13F3N2. The van der Waals surface area contributed by atoms with Crippen molar-refractivity contribution in [2.24, 2.45) is 0 Å². The second-order valence-electron chi connectivity index (χ2n) is 3.90. The maximum atomic E-state index is 12.8. The fraction of sp³-hybridized carbons (Fsp3) is 0.455. The van der Waals surface area contributed by atoms with Gasteiger partial charge in [0.05, 0.1) is 16.9 Å². The Balaban J connectivity index is 2.56. The van der Waals surface area contributed by atoms with Gasteiger partial charge in [-0.25, -0.2) is 0 Å². The Morgan fingerprint density at radius 3 is 2.75 bits per heavy atom. The highest BCUT2D eigenvalue weighted by molar-refractivity contribution is 5.74. The lowest BCUT2D eigenvalue weighted by Gasteiger charge is -2.23. The molecule has 0 aliphatic carbocycles. The molecule has 0 atom stereocenters. The van der Waals surface area contributed by atoms with Crippen molar-refractivity contribution in [3.8, 4) is 0 Å². The first-order chi connectivity index (χ1) is 7.50. The van der Waals surface area contributed by atoms with E-state index in [9.17, 15) is 13.2 Å². The summed E-state index contributed by atoms with van der Waals surface area (Å²) in [6, 6.07) is 4.25. The second-order valence-corrected chi connectivity index (χ2v) is 3.90. The number of halogens is 3. The highest BCUT2D eigenvalue weighted by Crippen LogP contribution is 2.41. The van der Waals surface area contributed by atoms with Crippen LogP contribution in [0.5, 0.6) is 0 Å². The molecule has 1 aromatic rings. The van der Waals surface area contributed by atoms with E-state index in [-0.39, 0.29) is 5.69 Å². The van der Waals surface area contributed by atoms with E-state index < -0.39 is 11.7 Å². The largest absolute Gasteiger partial charge is 0.418 e. The smallest absolute Gasteiger partial charge is 0.383 e. The lowest BCUT2D eigenvalue weighted by Crippen LogP contribution is -2.21. The molecule has 1 aliphatic rings. The number of anilines is 2. The third-order valence-corrected chi connectivity index (χ3v) is 2.71. The standard InChI is InChI=1S/C11H13F3N2/c1-16-7-3-6-15-9-5-2-4-8(10(9)16)11(12,13)14/h2,4-5,15H,3,6-7H2,1H3. The van der Waals surface area contributed by atoms with Crippen LogP contribution >= 0.6 is 0 Å². The van der Waals surface area contributed by atoms with E-state index in [0.717, 1.165) is 12.5 Å². The summed E-state index contributed by atoms with van der Waals surface area (Å²) in [7, 11) is 1.70. The molecule has 0 saturated heterocycles. The molecule has 0 bridgehead atoms. The molecule has 0 radical (unpaired) electrons. The van der Waals surface area contributed by atoms with Gasteiger partial charge in [-0.3, -0.25) is 0 Å². The van der Waals surface area contributed by atoms with Crippen molar-refractivity contribution >= 4 is 11.4 Å². The summed E-state index contributed by atoms with van der Waals surface area (Å²) >= 11 is 0. The number of rotatable bonds is 0. The summed E-state index contributed by atoms with van der Waals surface area (Å²) in [6.07, 6.45) is -3.46. The van der Waals surface area contributed by atoms with Gasteiger partial charge in [-0.15, -0.1) is 0 Å². The predicted molar refractivity (Wildman–Crippen MR) is 57.8 cm³/mol. The minimum atomic E-state index is -4.30.